The molecule has 0 bridgehead atoms. The first kappa shape index (κ1) is 12.6. The molecule has 0 spiro atoms. The van der Waals surface area contributed by atoms with E-state index in [1.807, 2.05) is 18.2 Å². The lowest BCUT2D eigenvalue weighted by Gasteiger charge is -2.28. The maximum Gasteiger partial charge on any atom is 0.268 e. The summed E-state index contributed by atoms with van der Waals surface area (Å²) in [6, 6.07) is 5.81. The average molecular weight is 272 g/mol. The van der Waals surface area contributed by atoms with Crippen molar-refractivity contribution in [3.8, 4) is 5.82 Å². The minimum Gasteiger partial charge on any atom is -0.364 e. The van der Waals surface area contributed by atoms with Crippen LogP contribution in [0.5, 0.6) is 0 Å². The number of nitrogens with one attached hydrogen (secondary N) is 1. The summed E-state index contributed by atoms with van der Waals surface area (Å²) in [4.78, 5) is 21.9. The van der Waals surface area contributed by atoms with Gasteiger partial charge in [-0.15, -0.1) is 0 Å². The summed E-state index contributed by atoms with van der Waals surface area (Å²) in [5.74, 6) is 1.11. The van der Waals surface area contributed by atoms with E-state index in [9.17, 15) is 4.79 Å². The van der Waals surface area contributed by atoms with Crippen LogP contribution in [0.25, 0.3) is 5.82 Å². The molecule has 0 saturated carbocycles. The molecule has 1 amide bonds. The Bertz CT molecular complexity index is 617. The van der Waals surface area contributed by atoms with Crippen molar-refractivity contribution in [3.05, 3.63) is 36.4 Å². The summed E-state index contributed by atoms with van der Waals surface area (Å²) in [6.07, 6.45) is 3.14. The molecule has 1 aliphatic heterocycles. The molecule has 0 aromatic carbocycles. The number of nitrogens with zero attached hydrogens (tertiary/aromatic N) is 4. The van der Waals surface area contributed by atoms with Crippen molar-refractivity contribution in [2.75, 3.05) is 31.1 Å². The summed E-state index contributed by atoms with van der Waals surface area (Å²) >= 11 is 0. The van der Waals surface area contributed by atoms with Crippen LogP contribution in [0.2, 0.25) is 0 Å². The third-order valence-corrected chi connectivity index (χ3v) is 3.26. The zero-order chi connectivity index (χ0) is 13.9. The number of carbonyl (C=O) groups is 1. The number of amides is 1. The van der Waals surface area contributed by atoms with Gasteiger partial charge in [-0.05, 0) is 12.1 Å². The smallest absolute Gasteiger partial charge is 0.268 e. The van der Waals surface area contributed by atoms with Crippen LogP contribution in [0.15, 0.2) is 30.7 Å². The van der Waals surface area contributed by atoms with Gasteiger partial charge >= 0.3 is 0 Å². The molecule has 2 aromatic rings. The molecule has 0 atom stereocenters. The van der Waals surface area contributed by atoms with E-state index in [1.54, 1.807) is 17.1 Å². The van der Waals surface area contributed by atoms with Crippen LogP contribution in [0.4, 0.5) is 5.82 Å². The Morgan fingerprint density at radius 3 is 2.70 bits per heavy atom. The summed E-state index contributed by atoms with van der Waals surface area (Å²) in [7, 11) is 0. The Balaban J connectivity index is 1.87. The number of hydrogen-bond donors (Lipinski definition) is 2. The predicted molar refractivity (Wildman–Crippen MR) is 75.0 cm³/mol. The normalized spacial score (nSPS) is 15.3. The molecule has 3 heterocycles. The second-order valence-corrected chi connectivity index (χ2v) is 4.62. The number of imidazole rings is 1. The van der Waals surface area contributed by atoms with Crippen LogP contribution in [-0.2, 0) is 0 Å². The van der Waals surface area contributed by atoms with Gasteiger partial charge in [-0.2, -0.15) is 0 Å². The zero-order valence-corrected chi connectivity index (χ0v) is 11.0. The van der Waals surface area contributed by atoms with E-state index in [0.29, 0.717) is 0 Å². The molecule has 0 aliphatic carbocycles. The molecule has 1 aliphatic rings. The largest absolute Gasteiger partial charge is 0.364 e. The molecule has 1 saturated heterocycles. The molecule has 3 N–H and O–H groups in total. The highest BCUT2D eigenvalue weighted by Gasteiger charge is 2.13. The molecular weight excluding hydrogens is 256 g/mol. The lowest BCUT2D eigenvalue weighted by atomic mass is 10.3. The van der Waals surface area contributed by atoms with E-state index >= 15 is 0 Å². The highest BCUT2D eigenvalue weighted by Crippen LogP contribution is 2.14. The molecule has 20 heavy (non-hydrogen) atoms. The minimum absolute atomic E-state index is 0.236. The second-order valence-electron chi connectivity index (χ2n) is 4.62. The van der Waals surface area contributed by atoms with Crippen molar-refractivity contribution in [1.82, 2.24) is 19.9 Å². The second kappa shape index (κ2) is 5.30. The first-order valence-corrected chi connectivity index (χ1v) is 6.51. The van der Waals surface area contributed by atoms with Crippen LogP contribution in [0.1, 0.15) is 10.5 Å². The Hall–Kier alpha value is -2.41. The maximum absolute atomic E-state index is 11.1. The monoisotopic (exact) mass is 272 g/mol. The summed E-state index contributed by atoms with van der Waals surface area (Å²) in [5.41, 5.74) is 5.44. The van der Waals surface area contributed by atoms with Gasteiger partial charge in [0, 0.05) is 32.4 Å². The fourth-order valence-electron chi connectivity index (χ4n) is 2.20. The van der Waals surface area contributed by atoms with Gasteiger partial charge in [0.15, 0.2) is 0 Å². The first-order chi connectivity index (χ1) is 9.74. The number of nitrogens with two attached hydrogens (primary N) is 1. The SMILES string of the molecule is NC(=O)c1cn(-c2cccc(N3CCNCC3)n2)cn1. The molecule has 0 radical (unpaired) electrons. The molecule has 7 nitrogen and oxygen atoms in total. The summed E-state index contributed by atoms with van der Waals surface area (Å²) in [6.45, 7) is 3.80. The van der Waals surface area contributed by atoms with Gasteiger partial charge in [-0.1, -0.05) is 6.07 Å². The van der Waals surface area contributed by atoms with Gasteiger partial charge in [0.2, 0.25) is 0 Å². The molecule has 0 unspecified atom stereocenters. The Labute approximate surface area is 116 Å². The molecule has 7 heteroatoms. The molecular formula is C13H16N6O. The number of aromatic nitrogens is 3. The van der Waals surface area contributed by atoms with Crippen molar-refractivity contribution < 1.29 is 4.79 Å². The topological polar surface area (TPSA) is 89.1 Å². The average Bonchev–Trinajstić information content (AvgIpc) is 2.98. The van der Waals surface area contributed by atoms with E-state index in [-0.39, 0.29) is 5.69 Å². The Kier molecular flexibility index (Phi) is 3.34. The van der Waals surface area contributed by atoms with Gasteiger partial charge in [0.25, 0.3) is 5.91 Å². The number of primary amides is 1. The molecule has 1 fully saturated rings. The fourth-order valence-corrected chi connectivity index (χ4v) is 2.20. The first-order valence-electron chi connectivity index (χ1n) is 6.51. The standard InChI is InChI=1S/C13H16N6O/c14-13(20)10-8-19(9-16-10)12-3-1-2-11(17-12)18-6-4-15-5-7-18/h1-3,8-9,15H,4-7H2,(H2,14,20). The van der Waals surface area contributed by atoms with Crippen molar-refractivity contribution in [1.29, 1.82) is 0 Å². The van der Waals surface area contributed by atoms with Crippen LogP contribution in [0.3, 0.4) is 0 Å². The van der Waals surface area contributed by atoms with Gasteiger partial charge < -0.3 is 16.0 Å². The van der Waals surface area contributed by atoms with E-state index in [4.69, 9.17) is 5.73 Å². The fraction of sp³-hybridized carbons (Fsp3) is 0.308. The Morgan fingerprint density at radius 1 is 1.25 bits per heavy atom. The number of piperazine rings is 1. The van der Waals surface area contributed by atoms with Gasteiger partial charge in [0.1, 0.15) is 23.7 Å². The quantitative estimate of drug-likeness (QED) is 0.806. The number of anilines is 1. The van der Waals surface area contributed by atoms with E-state index in [2.05, 4.69) is 20.2 Å². The third kappa shape index (κ3) is 2.48. The summed E-state index contributed by atoms with van der Waals surface area (Å²) in [5, 5.41) is 3.31. The van der Waals surface area contributed by atoms with Crippen molar-refractivity contribution in [2.45, 2.75) is 0 Å². The summed E-state index contributed by atoms with van der Waals surface area (Å²) < 4.78 is 1.70. The van der Waals surface area contributed by atoms with Crippen molar-refractivity contribution in [2.24, 2.45) is 5.73 Å². The highest BCUT2D eigenvalue weighted by atomic mass is 16.1. The maximum atomic E-state index is 11.1. The molecule has 2 aromatic heterocycles. The van der Waals surface area contributed by atoms with E-state index < -0.39 is 5.91 Å². The van der Waals surface area contributed by atoms with Gasteiger partial charge in [0.05, 0.1) is 0 Å². The van der Waals surface area contributed by atoms with Crippen LogP contribution >= 0.6 is 0 Å². The molecule has 104 valence electrons. The number of pyridine rings is 1. The zero-order valence-electron chi connectivity index (χ0n) is 11.0. The van der Waals surface area contributed by atoms with Crippen LogP contribution in [0, 0.1) is 0 Å². The lowest BCUT2D eigenvalue weighted by Crippen LogP contribution is -2.43. The van der Waals surface area contributed by atoms with E-state index in [0.717, 1.165) is 37.8 Å². The number of carbonyl (C=O) groups excluding carboxylic acids is 1. The number of hydrogen-bond acceptors (Lipinski definition) is 5. The third-order valence-electron chi connectivity index (χ3n) is 3.26. The van der Waals surface area contributed by atoms with Crippen LogP contribution in [-0.4, -0.2) is 46.6 Å². The van der Waals surface area contributed by atoms with Gasteiger partial charge in [-0.25, -0.2) is 9.97 Å². The van der Waals surface area contributed by atoms with E-state index in [1.165, 1.54) is 0 Å². The minimum atomic E-state index is -0.540. The Morgan fingerprint density at radius 2 is 2.00 bits per heavy atom. The lowest BCUT2D eigenvalue weighted by molar-refractivity contribution is 0.0996. The predicted octanol–water partition coefficient (Wildman–Crippen LogP) is -0.224. The van der Waals surface area contributed by atoms with Gasteiger partial charge in [-0.3, -0.25) is 9.36 Å². The van der Waals surface area contributed by atoms with Crippen LogP contribution < -0.4 is 16.0 Å². The van der Waals surface area contributed by atoms with Crippen molar-refractivity contribution in [3.63, 3.8) is 0 Å². The molecule has 3 rings (SSSR count). The highest BCUT2D eigenvalue weighted by molar-refractivity contribution is 5.90. The van der Waals surface area contributed by atoms with Crippen molar-refractivity contribution >= 4 is 11.7 Å². The number of rotatable bonds is 3.